The summed E-state index contributed by atoms with van der Waals surface area (Å²) in [6.45, 7) is 1.61. The average Bonchev–Trinajstić information content (AvgIpc) is 2.28. The van der Waals surface area contributed by atoms with Crippen LogP contribution in [-0.2, 0) is 4.79 Å². The Bertz CT molecular complexity index is 379. The number of alkyl halides is 1. The van der Waals surface area contributed by atoms with Crippen LogP contribution in [0.1, 0.15) is 6.92 Å². The van der Waals surface area contributed by atoms with Crippen LogP contribution in [0.2, 0.25) is 0 Å². The van der Waals surface area contributed by atoms with Gasteiger partial charge in [-0.05, 0) is 19.1 Å². The van der Waals surface area contributed by atoms with E-state index >= 15 is 0 Å². The summed E-state index contributed by atoms with van der Waals surface area (Å²) >= 11 is 5.64. The number of rotatable bonds is 4. The molecule has 1 aromatic carbocycles. The Morgan fingerprint density at radius 1 is 1.31 bits per heavy atom. The van der Waals surface area contributed by atoms with E-state index in [9.17, 15) is 4.79 Å². The molecule has 0 saturated heterocycles. The van der Waals surface area contributed by atoms with Gasteiger partial charge in [0.15, 0.2) is 11.5 Å². The fourth-order valence-corrected chi connectivity index (χ4v) is 1.21. The van der Waals surface area contributed by atoms with E-state index in [0.29, 0.717) is 17.2 Å². The molecule has 1 atom stereocenters. The third-order valence-electron chi connectivity index (χ3n) is 2.01. The largest absolute Gasteiger partial charge is 0.493 e. The van der Waals surface area contributed by atoms with E-state index in [-0.39, 0.29) is 5.91 Å². The second-order valence-corrected chi connectivity index (χ2v) is 3.83. The number of halogens is 1. The Morgan fingerprint density at radius 3 is 2.44 bits per heavy atom. The molecular formula is C11H14ClNO3. The second-order valence-electron chi connectivity index (χ2n) is 3.18. The molecule has 0 bridgehead atoms. The van der Waals surface area contributed by atoms with E-state index in [2.05, 4.69) is 5.32 Å². The number of carbonyl (C=O) groups excluding carboxylic acids is 1. The van der Waals surface area contributed by atoms with Crippen LogP contribution in [0.25, 0.3) is 0 Å². The van der Waals surface area contributed by atoms with E-state index in [0.717, 1.165) is 0 Å². The zero-order chi connectivity index (χ0) is 12.1. The SMILES string of the molecule is COc1ccc(NC(=O)C(C)Cl)cc1OC. The van der Waals surface area contributed by atoms with Crippen LogP contribution in [0.4, 0.5) is 5.69 Å². The standard InChI is InChI=1S/C11H14ClNO3/c1-7(12)11(14)13-8-4-5-9(15-2)10(6-8)16-3/h4-7H,1-3H3,(H,13,14). The van der Waals surface area contributed by atoms with Crippen molar-refractivity contribution in [3.63, 3.8) is 0 Å². The van der Waals surface area contributed by atoms with Crippen molar-refractivity contribution in [1.82, 2.24) is 0 Å². The number of methoxy groups -OCH3 is 2. The minimum absolute atomic E-state index is 0.256. The summed E-state index contributed by atoms with van der Waals surface area (Å²) in [7, 11) is 3.09. The normalized spacial score (nSPS) is 11.8. The van der Waals surface area contributed by atoms with Gasteiger partial charge in [0, 0.05) is 11.8 Å². The van der Waals surface area contributed by atoms with Crippen molar-refractivity contribution in [2.24, 2.45) is 0 Å². The van der Waals surface area contributed by atoms with Gasteiger partial charge in [-0.2, -0.15) is 0 Å². The van der Waals surface area contributed by atoms with Gasteiger partial charge in [-0.25, -0.2) is 0 Å². The maximum absolute atomic E-state index is 11.4. The van der Waals surface area contributed by atoms with Gasteiger partial charge in [-0.15, -0.1) is 11.6 Å². The molecule has 0 fully saturated rings. The number of hydrogen-bond donors (Lipinski definition) is 1. The predicted octanol–water partition coefficient (Wildman–Crippen LogP) is 2.27. The average molecular weight is 244 g/mol. The van der Waals surface area contributed by atoms with Gasteiger partial charge in [0.25, 0.3) is 0 Å². The summed E-state index contributed by atoms with van der Waals surface area (Å²) in [5.74, 6) is 0.913. The lowest BCUT2D eigenvalue weighted by Gasteiger charge is -2.11. The Morgan fingerprint density at radius 2 is 1.94 bits per heavy atom. The van der Waals surface area contributed by atoms with Crippen molar-refractivity contribution in [1.29, 1.82) is 0 Å². The molecule has 0 aromatic heterocycles. The number of ether oxygens (including phenoxy) is 2. The molecule has 1 rings (SSSR count). The Hall–Kier alpha value is -1.42. The number of anilines is 1. The lowest BCUT2D eigenvalue weighted by Crippen LogP contribution is -2.20. The van der Waals surface area contributed by atoms with Gasteiger partial charge in [-0.3, -0.25) is 4.79 Å². The molecular weight excluding hydrogens is 230 g/mol. The van der Waals surface area contributed by atoms with Gasteiger partial charge in [0.2, 0.25) is 5.91 Å². The molecule has 0 aliphatic carbocycles. The van der Waals surface area contributed by atoms with E-state index in [4.69, 9.17) is 21.1 Å². The molecule has 0 aliphatic heterocycles. The minimum Gasteiger partial charge on any atom is -0.493 e. The molecule has 0 saturated carbocycles. The van der Waals surface area contributed by atoms with Gasteiger partial charge in [0.05, 0.1) is 14.2 Å². The van der Waals surface area contributed by atoms with Crippen molar-refractivity contribution in [2.45, 2.75) is 12.3 Å². The van der Waals surface area contributed by atoms with Crippen LogP contribution in [0, 0.1) is 0 Å². The minimum atomic E-state index is -0.576. The van der Waals surface area contributed by atoms with Crippen LogP contribution in [-0.4, -0.2) is 25.5 Å². The van der Waals surface area contributed by atoms with Crippen LogP contribution < -0.4 is 14.8 Å². The molecule has 1 unspecified atom stereocenters. The van der Waals surface area contributed by atoms with Crippen LogP contribution in [0.3, 0.4) is 0 Å². The number of benzene rings is 1. The van der Waals surface area contributed by atoms with Gasteiger partial charge < -0.3 is 14.8 Å². The molecule has 0 radical (unpaired) electrons. The molecule has 88 valence electrons. The second kappa shape index (κ2) is 5.61. The first-order chi connectivity index (χ1) is 7.58. The first-order valence-electron chi connectivity index (χ1n) is 4.75. The van der Waals surface area contributed by atoms with Crippen molar-refractivity contribution >= 4 is 23.2 Å². The third kappa shape index (κ3) is 3.03. The first kappa shape index (κ1) is 12.6. The molecule has 1 N–H and O–H groups in total. The zero-order valence-electron chi connectivity index (χ0n) is 9.41. The van der Waals surface area contributed by atoms with Crippen LogP contribution in [0.5, 0.6) is 11.5 Å². The summed E-state index contributed by atoms with van der Waals surface area (Å²) in [6.07, 6.45) is 0. The maximum Gasteiger partial charge on any atom is 0.242 e. The number of hydrogen-bond acceptors (Lipinski definition) is 3. The number of carbonyl (C=O) groups is 1. The molecule has 16 heavy (non-hydrogen) atoms. The highest BCUT2D eigenvalue weighted by Gasteiger charge is 2.11. The Labute approximate surface area is 99.5 Å². The van der Waals surface area contributed by atoms with Gasteiger partial charge in [-0.1, -0.05) is 0 Å². The zero-order valence-corrected chi connectivity index (χ0v) is 10.2. The molecule has 4 nitrogen and oxygen atoms in total. The molecule has 5 heteroatoms. The summed E-state index contributed by atoms with van der Waals surface area (Å²) in [4.78, 5) is 11.4. The monoisotopic (exact) mass is 243 g/mol. The Balaban J connectivity index is 2.87. The van der Waals surface area contributed by atoms with Gasteiger partial charge in [0.1, 0.15) is 5.38 Å². The molecule has 0 aliphatic rings. The summed E-state index contributed by atoms with van der Waals surface area (Å²) in [6, 6.07) is 5.11. The quantitative estimate of drug-likeness (QED) is 0.826. The molecule has 1 aromatic rings. The summed E-state index contributed by atoms with van der Waals surface area (Å²) in [5.41, 5.74) is 0.621. The Kier molecular flexibility index (Phi) is 4.43. The van der Waals surface area contributed by atoms with Crippen LogP contribution >= 0.6 is 11.6 Å². The van der Waals surface area contributed by atoms with E-state index in [1.165, 1.54) is 7.11 Å². The third-order valence-corrected chi connectivity index (χ3v) is 2.21. The van der Waals surface area contributed by atoms with Crippen molar-refractivity contribution in [3.8, 4) is 11.5 Å². The first-order valence-corrected chi connectivity index (χ1v) is 5.19. The van der Waals surface area contributed by atoms with E-state index < -0.39 is 5.38 Å². The van der Waals surface area contributed by atoms with Crippen LogP contribution in [0.15, 0.2) is 18.2 Å². The number of amides is 1. The fourth-order valence-electron chi connectivity index (χ4n) is 1.16. The predicted molar refractivity (Wildman–Crippen MR) is 63.5 cm³/mol. The highest BCUT2D eigenvalue weighted by molar-refractivity contribution is 6.32. The topological polar surface area (TPSA) is 47.6 Å². The van der Waals surface area contributed by atoms with Gasteiger partial charge >= 0.3 is 0 Å². The smallest absolute Gasteiger partial charge is 0.242 e. The lowest BCUT2D eigenvalue weighted by atomic mass is 10.2. The van der Waals surface area contributed by atoms with E-state index in [1.807, 2.05) is 0 Å². The highest BCUT2D eigenvalue weighted by Crippen LogP contribution is 2.29. The summed E-state index contributed by atoms with van der Waals surface area (Å²) in [5, 5.41) is 2.09. The summed E-state index contributed by atoms with van der Waals surface area (Å²) < 4.78 is 10.2. The molecule has 0 heterocycles. The number of nitrogens with one attached hydrogen (secondary N) is 1. The molecule has 1 amide bonds. The van der Waals surface area contributed by atoms with Crippen molar-refractivity contribution < 1.29 is 14.3 Å². The van der Waals surface area contributed by atoms with Crippen molar-refractivity contribution in [3.05, 3.63) is 18.2 Å². The fraction of sp³-hybridized carbons (Fsp3) is 0.364. The van der Waals surface area contributed by atoms with Crippen molar-refractivity contribution in [2.75, 3.05) is 19.5 Å². The maximum atomic E-state index is 11.4. The van der Waals surface area contributed by atoms with E-state index in [1.54, 1.807) is 32.2 Å². The highest BCUT2D eigenvalue weighted by atomic mass is 35.5. The molecule has 0 spiro atoms. The lowest BCUT2D eigenvalue weighted by molar-refractivity contribution is -0.115.